The summed E-state index contributed by atoms with van der Waals surface area (Å²) in [6, 6.07) is 24.9. The zero-order valence-corrected chi connectivity index (χ0v) is 18.6. The second-order valence-electron chi connectivity index (χ2n) is 8.34. The molecule has 3 aromatic rings. The topological polar surface area (TPSA) is 84.7 Å². The highest BCUT2D eigenvalue weighted by atomic mass is 16.5. The van der Waals surface area contributed by atoms with Crippen molar-refractivity contribution in [3.05, 3.63) is 95.6 Å². The molecule has 0 atom stereocenters. The van der Waals surface area contributed by atoms with Gasteiger partial charge >= 0.3 is 0 Å². The van der Waals surface area contributed by atoms with Crippen molar-refractivity contribution in [2.75, 3.05) is 11.9 Å². The summed E-state index contributed by atoms with van der Waals surface area (Å²) in [6.07, 6.45) is 1.93. The first kappa shape index (κ1) is 22.6. The van der Waals surface area contributed by atoms with Crippen molar-refractivity contribution in [1.82, 2.24) is 4.90 Å². The van der Waals surface area contributed by atoms with Gasteiger partial charge in [0.25, 0.3) is 5.91 Å². The Morgan fingerprint density at radius 2 is 1.58 bits per heavy atom. The molecule has 0 aliphatic heterocycles. The molecule has 1 aliphatic carbocycles. The number of nitrogens with two attached hydrogens (primary N) is 1. The second kappa shape index (κ2) is 10.8. The molecule has 6 nitrogen and oxygen atoms in total. The van der Waals surface area contributed by atoms with Gasteiger partial charge in [0.1, 0.15) is 5.75 Å². The summed E-state index contributed by atoms with van der Waals surface area (Å²) in [5.41, 5.74) is 9.61. The predicted molar refractivity (Wildman–Crippen MR) is 128 cm³/mol. The lowest BCUT2D eigenvalue weighted by Gasteiger charge is -2.23. The number of ether oxygens (including phenoxy) is 1. The van der Waals surface area contributed by atoms with Gasteiger partial charge in [-0.25, -0.2) is 0 Å². The van der Waals surface area contributed by atoms with E-state index in [4.69, 9.17) is 10.5 Å². The van der Waals surface area contributed by atoms with E-state index in [1.165, 1.54) is 0 Å². The van der Waals surface area contributed by atoms with Crippen molar-refractivity contribution in [3.8, 4) is 5.75 Å². The van der Waals surface area contributed by atoms with E-state index in [0.29, 0.717) is 31.1 Å². The molecule has 0 saturated heterocycles. The zero-order valence-electron chi connectivity index (χ0n) is 18.6. The monoisotopic (exact) mass is 443 g/mol. The number of nitrogens with zero attached hydrogens (tertiary/aromatic N) is 1. The molecule has 0 radical (unpaired) electrons. The van der Waals surface area contributed by atoms with Gasteiger partial charge in [0.05, 0.1) is 0 Å². The van der Waals surface area contributed by atoms with Crippen LogP contribution in [0.3, 0.4) is 0 Å². The highest BCUT2D eigenvalue weighted by Gasteiger charge is 2.33. The minimum absolute atomic E-state index is 0.0582. The first-order valence-corrected chi connectivity index (χ1v) is 11.2. The third-order valence-corrected chi connectivity index (χ3v) is 5.56. The van der Waals surface area contributed by atoms with Crippen LogP contribution in [0.4, 0.5) is 5.69 Å². The Bertz CT molecular complexity index is 1080. The highest BCUT2D eigenvalue weighted by molar-refractivity contribution is 5.91. The van der Waals surface area contributed by atoms with Gasteiger partial charge < -0.3 is 20.7 Å². The summed E-state index contributed by atoms with van der Waals surface area (Å²) in [5.74, 6) is 0.770. The van der Waals surface area contributed by atoms with Gasteiger partial charge in [-0.1, -0.05) is 54.6 Å². The number of para-hydroxylation sites is 1. The Kier molecular flexibility index (Phi) is 7.37. The number of nitrogens with one attached hydrogen (secondary N) is 1. The molecular formula is C27H29N3O3. The van der Waals surface area contributed by atoms with Crippen LogP contribution < -0.4 is 15.8 Å². The van der Waals surface area contributed by atoms with Gasteiger partial charge in [-0.3, -0.25) is 9.59 Å². The standard InChI is InChI=1S/C27H29N3O3/c28-16-21-5-4-6-22(15-21)18-30(27(32)23-11-12-23)17-20-9-13-24(14-10-20)29-26(31)19-33-25-7-2-1-3-8-25/h1-10,13-15,23H,11-12,16-19,28H2,(H,29,31). The lowest BCUT2D eigenvalue weighted by molar-refractivity contribution is -0.133. The summed E-state index contributed by atoms with van der Waals surface area (Å²) in [5, 5.41) is 2.84. The molecule has 1 fully saturated rings. The average molecular weight is 444 g/mol. The molecule has 3 aromatic carbocycles. The van der Waals surface area contributed by atoms with Crippen molar-refractivity contribution < 1.29 is 14.3 Å². The van der Waals surface area contributed by atoms with Gasteiger partial charge in [0.2, 0.25) is 5.91 Å². The fourth-order valence-electron chi connectivity index (χ4n) is 3.65. The van der Waals surface area contributed by atoms with Crippen LogP contribution in [0.25, 0.3) is 0 Å². The Balaban J connectivity index is 1.35. The Morgan fingerprint density at radius 1 is 0.879 bits per heavy atom. The number of hydrogen-bond donors (Lipinski definition) is 2. The van der Waals surface area contributed by atoms with E-state index >= 15 is 0 Å². The van der Waals surface area contributed by atoms with E-state index in [2.05, 4.69) is 11.4 Å². The summed E-state index contributed by atoms with van der Waals surface area (Å²) in [6.45, 7) is 1.50. The number of amides is 2. The number of rotatable bonds is 10. The molecule has 2 amide bonds. The van der Waals surface area contributed by atoms with Crippen molar-refractivity contribution in [1.29, 1.82) is 0 Å². The van der Waals surface area contributed by atoms with Crippen LogP contribution in [0.1, 0.15) is 29.5 Å². The number of carbonyl (C=O) groups is 2. The summed E-state index contributed by atoms with van der Waals surface area (Å²) in [4.78, 5) is 27.0. The first-order chi connectivity index (χ1) is 16.1. The van der Waals surface area contributed by atoms with Crippen LogP contribution in [0.2, 0.25) is 0 Å². The molecule has 4 rings (SSSR count). The van der Waals surface area contributed by atoms with Gasteiger partial charge in [0, 0.05) is 31.2 Å². The second-order valence-corrected chi connectivity index (χ2v) is 8.34. The molecule has 3 N–H and O–H groups in total. The Hall–Kier alpha value is -3.64. The molecular weight excluding hydrogens is 414 g/mol. The third kappa shape index (κ3) is 6.67. The maximum absolute atomic E-state index is 12.9. The normalized spacial score (nSPS) is 12.8. The molecule has 0 aromatic heterocycles. The van der Waals surface area contributed by atoms with Crippen molar-refractivity contribution in [2.45, 2.75) is 32.5 Å². The van der Waals surface area contributed by atoms with E-state index in [1.54, 1.807) is 0 Å². The van der Waals surface area contributed by atoms with Gasteiger partial charge in [0.15, 0.2) is 6.61 Å². The van der Waals surface area contributed by atoms with E-state index in [1.807, 2.05) is 77.7 Å². The van der Waals surface area contributed by atoms with Crippen molar-refractivity contribution in [2.24, 2.45) is 11.7 Å². The molecule has 0 heterocycles. The van der Waals surface area contributed by atoms with Gasteiger partial charge in [-0.05, 0) is 53.8 Å². The van der Waals surface area contributed by atoms with E-state index in [9.17, 15) is 9.59 Å². The van der Waals surface area contributed by atoms with Crippen LogP contribution in [0.15, 0.2) is 78.9 Å². The Morgan fingerprint density at radius 3 is 2.27 bits per heavy atom. The number of anilines is 1. The molecule has 6 heteroatoms. The minimum Gasteiger partial charge on any atom is -0.484 e. The molecule has 0 unspecified atom stereocenters. The molecule has 33 heavy (non-hydrogen) atoms. The molecule has 170 valence electrons. The molecule has 0 bridgehead atoms. The van der Waals surface area contributed by atoms with E-state index in [-0.39, 0.29) is 24.3 Å². The fourth-order valence-corrected chi connectivity index (χ4v) is 3.65. The predicted octanol–water partition coefficient (Wildman–Crippen LogP) is 4.10. The van der Waals surface area contributed by atoms with Crippen LogP contribution >= 0.6 is 0 Å². The average Bonchev–Trinajstić information content (AvgIpc) is 3.69. The zero-order chi connectivity index (χ0) is 23.0. The first-order valence-electron chi connectivity index (χ1n) is 11.2. The molecule has 1 saturated carbocycles. The minimum atomic E-state index is -0.225. The highest BCUT2D eigenvalue weighted by Crippen LogP contribution is 2.32. The SMILES string of the molecule is NCc1cccc(CN(Cc2ccc(NC(=O)COc3ccccc3)cc2)C(=O)C2CC2)c1. The van der Waals surface area contributed by atoms with E-state index < -0.39 is 0 Å². The lowest BCUT2D eigenvalue weighted by atomic mass is 10.1. The number of carbonyl (C=O) groups excluding carboxylic acids is 2. The van der Waals surface area contributed by atoms with Gasteiger partial charge in [-0.15, -0.1) is 0 Å². The van der Waals surface area contributed by atoms with Crippen molar-refractivity contribution in [3.63, 3.8) is 0 Å². The largest absolute Gasteiger partial charge is 0.484 e. The maximum Gasteiger partial charge on any atom is 0.262 e. The van der Waals surface area contributed by atoms with Gasteiger partial charge in [-0.2, -0.15) is 0 Å². The quantitative estimate of drug-likeness (QED) is 0.494. The number of hydrogen-bond acceptors (Lipinski definition) is 4. The summed E-state index contributed by atoms with van der Waals surface area (Å²) >= 11 is 0. The van der Waals surface area contributed by atoms with Crippen molar-refractivity contribution >= 4 is 17.5 Å². The Labute approximate surface area is 194 Å². The van der Waals surface area contributed by atoms with Crippen LogP contribution in [0.5, 0.6) is 5.75 Å². The molecule has 1 aliphatic rings. The van der Waals surface area contributed by atoms with Crippen LogP contribution in [0, 0.1) is 5.92 Å². The lowest BCUT2D eigenvalue weighted by Crippen LogP contribution is -2.31. The van der Waals surface area contributed by atoms with Crippen LogP contribution in [-0.2, 0) is 29.2 Å². The van der Waals surface area contributed by atoms with E-state index in [0.717, 1.165) is 29.5 Å². The summed E-state index contributed by atoms with van der Waals surface area (Å²) < 4.78 is 5.48. The number of benzene rings is 3. The summed E-state index contributed by atoms with van der Waals surface area (Å²) in [7, 11) is 0. The third-order valence-electron chi connectivity index (χ3n) is 5.56. The fraction of sp³-hybridized carbons (Fsp3) is 0.259. The smallest absolute Gasteiger partial charge is 0.262 e. The molecule has 0 spiro atoms. The van der Waals surface area contributed by atoms with Crippen LogP contribution in [-0.4, -0.2) is 23.3 Å². The maximum atomic E-state index is 12.9.